The number of halogens is 1. The van der Waals surface area contributed by atoms with Crippen molar-refractivity contribution in [1.82, 2.24) is 14.1 Å². The van der Waals surface area contributed by atoms with E-state index in [0.29, 0.717) is 18.5 Å². The van der Waals surface area contributed by atoms with E-state index in [1.54, 1.807) is 24.3 Å². The lowest BCUT2D eigenvalue weighted by Gasteiger charge is -2.22. The van der Waals surface area contributed by atoms with Crippen molar-refractivity contribution in [3.63, 3.8) is 0 Å². The zero-order chi connectivity index (χ0) is 19.8. The summed E-state index contributed by atoms with van der Waals surface area (Å²) < 4.78 is 41.6. The van der Waals surface area contributed by atoms with Gasteiger partial charge in [-0.25, -0.2) is 4.39 Å². The molecule has 27 heavy (non-hydrogen) atoms. The van der Waals surface area contributed by atoms with Crippen LogP contribution in [0.3, 0.4) is 0 Å². The average Bonchev–Trinajstić information content (AvgIpc) is 3.07. The first-order chi connectivity index (χ1) is 12.8. The summed E-state index contributed by atoms with van der Waals surface area (Å²) >= 11 is 0. The van der Waals surface area contributed by atoms with Gasteiger partial charge in [0, 0.05) is 12.6 Å². The molecule has 6 nitrogen and oxygen atoms in total. The number of hydrogen-bond acceptors (Lipinski definition) is 5. The van der Waals surface area contributed by atoms with Crippen LogP contribution in [0, 0.1) is 12.7 Å². The molecule has 0 saturated carbocycles. The molecule has 0 unspecified atom stereocenters. The van der Waals surface area contributed by atoms with Crippen molar-refractivity contribution in [2.24, 2.45) is 5.73 Å². The third-order valence-corrected chi connectivity index (χ3v) is 6.35. The van der Waals surface area contributed by atoms with E-state index >= 15 is 0 Å². The molecule has 2 aromatic carbocycles. The summed E-state index contributed by atoms with van der Waals surface area (Å²) in [6.07, 6.45) is 1.69. The van der Waals surface area contributed by atoms with Gasteiger partial charge in [-0.05, 0) is 51.2 Å². The standard InChI is InChI=1S/C19H23FN4O2S/c1-13-4-7-16(8-5-13)27(25,26)24-18-9-6-14(10-15(11-21)23(2)3)19(20)17(18)12-22-24/h4-9,12,15H,10-11,21H2,1-3H3/t15-/m0/s1. The van der Waals surface area contributed by atoms with E-state index in [2.05, 4.69) is 5.10 Å². The molecule has 0 aliphatic carbocycles. The number of nitrogens with two attached hydrogens (primary N) is 1. The predicted octanol–water partition coefficient (Wildman–Crippen LogP) is 2.15. The summed E-state index contributed by atoms with van der Waals surface area (Å²) in [7, 11) is -0.121. The van der Waals surface area contributed by atoms with Crippen LogP contribution < -0.4 is 5.73 Å². The number of fused-ring (bicyclic) bond motifs is 1. The molecule has 3 rings (SSSR count). The number of likely N-dealkylation sites (N-methyl/N-ethyl adjacent to an activating group) is 1. The number of rotatable bonds is 6. The van der Waals surface area contributed by atoms with Crippen LogP contribution in [0.5, 0.6) is 0 Å². The van der Waals surface area contributed by atoms with Crippen molar-refractivity contribution in [3.05, 3.63) is 59.5 Å². The van der Waals surface area contributed by atoms with Gasteiger partial charge in [0.05, 0.1) is 22.0 Å². The molecule has 0 bridgehead atoms. The Kier molecular flexibility index (Phi) is 5.32. The van der Waals surface area contributed by atoms with E-state index in [4.69, 9.17) is 5.73 Å². The van der Waals surface area contributed by atoms with Crippen LogP contribution in [0.4, 0.5) is 4.39 Å². The van der Waals surface area contributed by atoms with E-state index in [9.17, 15) is 12.8 Å². The second kappa shape index (κ2) is 7.38. The second-order valence-electron chi connectivity index (χ2n) is 6.83. The molecule has 1 heterocycles. The fourth-order valence-electron chi connectivity index (χ4n) is 2.98. The maximum Gasteiger partial charge on any atom is 0.283 e. The topological polar surface area (TPSA) is 81.2 Å². The number of aryl methyl sites for hydroxylation is 1. The van der Waals surface area contributed by atoms with Gasteiger partial charge in [-0.1, -0.05) is 23.8 Å². The van der Waals surface area contributed by atoms with Gasteiger partial charge in [-0.2, -0.15) is 17.6 Å². The fourth-order valence-corrected chi connectivity index (χ4v) is 4.25. The zero-order valence-corrected chi connectivity index (χ0v) is 16.4. The Balaban J connectivity index is 2.05. The highest BCUT2D eigenvalue weighted by atomic mass is 32.2. The Labute approximate surface area is 158 Å². The molecule has 0 fully saturated rings. The van der Waals surface area contributed by atoms with Crippen LogP contribution >= 0.6 is 0 Å². The fraction of sp³-hybridized carbons (Fsp3) is 0.316. The summed E-state index contributed by atoms with van der Waals surface area (Å²) in [5, 5.41) is 4.13. The van der Waals surface area contributed by atoms with E-state index in [1.807, 2.05) is 25.9 Å². The molecular formula is C19H23FN4O2S. The normalized spacial score (nSPS) is 13.4. The van der Waals surface area contributed by atoms with Gasteiger partial charge < -0.3 is 10.6 Å². The highest BCUT2D eigenvalue weighted by molar-refractivity contribution is 7.90. The summed E-state index contributed by atoms with van der Waals surface area (Å²) in [4.78, 5) is 2.05. The average molecular weight is 390 g/mol. The lowest BCUT2D eigenvalue weighted by molar-refractivity contribution is 0.296. The molecule has 0 spiro atoms. The van der Waals surface area contributed by atoms with Crippen LogP contribution in [0.15, 0.2) is 47.5 Å². The van der Waals surface area contributed by atoms with Gasteiger partial charge in [0.25, 0.3) is 10.0 Å². The van der Waals surface area contributed by atoms with Crippen molar-refractivity contribution in [3.8, 4) is 0 Å². The van der Waals surface area contributed by atoms with Crippen LogP contribution in [0.25, 0.3) is 10.9 Å². The van der Waals surface area contributed by atoms with Gasteiger partial charge in [0.15, 0.2) is 0 Å². The first kappa shape index (κ1) is 19.5. The highest BCUT2D eigenvalue weighted by Crippen LogP contribution is 2.25. The minimum absolute atomic E-state index is 0.0108. The quantitative estimate of drug-likeness (QED) is 0.698. The monoisotopic (exact) mass is 390 g/mol. The summed E-state index contributed by atoms with van der Waals surface area (Å²) in [6.45, 7) is 2.27. The molecule has 0 aliphatic rings. The van der Waals surface area contributed by atoms with E-state index in [0.717, 1.165) is 9.65 Å². The van der Waals surface area contributed by atoms with Gasteiger partial charge in [-0.3, -0.25) is 0 Å². The molecule has 2 N–H and O–H groups in total. The Morgan fingerprint density at radius 2 is 1.85 bits per heavy atom. The highest BCUT2D eigenvalue weighted by Gasteiger charge is 2.23. The van der Waals surface area contributed by atoms with Crippen LogP contribution in [0.2, 0.25) is 0 Å². The minimum atomic E-state index is -3.90. The summed E-state index contributed by atoms with van der Waals surface area (Å²) in [5.41, 5.74) is 7.41. The van der Waals surface area contributed by atoms with Crippen molar-refractivity contribution in [1.29, 1.82) is 0 Å². The third kappa shape index (κ3) is 3.60. The first-order valence-electron chi connectivity index (χ1n) is 8.59. The summed E-state index contributed by atoms with van der Waals surface area (Å²) in [5.74, 6) is -0.460. The molecule has 144 valence electrons. The van der Waals surface area contributed by atoms with Crippen LogP contribution in [-0.2, 0) is 16.4 Å². The van der Waals surface area contributed by atoms with Gasteiger partial charge >= 0.3 is 0 Å². The maximum absolute atomic E-state index is 15.0. The van der Waals surface area contributed by atoms with Gasteiger partial charge in [-0.15, -0.1) is 0 Å². The lowest BCUT2D eigenvalue weighted by atomic mass is 10.0. The van der Waals surface area contributed by atoms with E-state index in [-0.39, 0.29) is 21.8 Å². The van der Waals surface area contributed by atoms with Crippen molar-refractivity contribution < 1.29 is 12.8 Å². The molecule has 0 aliphatic heterocycles. The van der Waals surface area contributed by atoms with Crippen molar-refractivity contribution in [2.75, 3.05) is 20.6 Å². The molecule has 0 amide bonds. The third-order valence-electron chi connectivity index (χ3n) is 4.74. The molecule has 0 radical (unpaired) electrons. The Bertz CT molecular complexity index is 1060. The molecule has 1 aromatic heterocycles. The number of aromatic nitrogens is 2. The number of benzene rings is 2. The Hall–Kier alpha value is -2.29. The Morgan fingerprint density at radius 1 is 1.19 bits per heavy atom. The SMILES string of the molecule is Cc1ccc(S(=O)(=O)n2ncc3c(F)c(C[C@@H](CN)N(C)C)ccc32)cc1. The zero-order valence-electron chi connectivity index (χ0n) is 15.6. The minimum Gasteiger partial charge on any atom is -0.329 e. The van der Waals surface area contributed by atoms with Gasteiger partial charge in [0.1, 0.15) is 5.82 Å². The largest absolute Gasteiger partial charge is 0.329 e. The molecule has 0 saturated heterocycles. The molecule has 1 atom stereocenters. The van der Waals surface area contributed by atoms with E-state index in [1.165, 1.54) is 18.3 Å². The predicted molar refractivity (Wildman–Crippen MR) is 104 cm³/mol. The molecular weight excluding hydrogens is 367 g/mol. The van der Waals surface area contributed by atoms with Crippen molar-refractivity contribution in [2.45, 2.75) is 24.3 Å². The summed E-state index contributed by atoms with van der Waals surface area (Å²) in [6, 6.07) is 9.65. The molecule has 8 heteroatoms. The van der Waals surface area contributed by atoms with Crippen molar-refractivity contribution >= 4 is 20.9 Å². The van der Waals surface area contributed by atoms with E-state index < -0.39 is 15.8 Å². The smallest absolute Gasteiger partial charge is 0.283 e. The molecule has 3 aromatic rings. The number of nitrogens with zero attached hydrogens (tertiary/aromatic N) is 3. The first-order valence-corrected chi connectivity index (χ1v) is 10.0. The van der Waals surface area contributed by atoms with Crippen LogP contribution in [0.1, 0.15) is 11.1 Å². The second-order valence-corrected chi connectivity index (χ2v) is 8.60. The maximum atomic E-state index is 15.0. The van der Waals surface area contributed by atoms with Crippen LogP contribution in [-0.4, -0.2) is 49.2 Å². The van der Waals surface area contributed by atoms with Gasteiger partial charge in [0.2, 0.25) is 0 Å². The lowest BCUT2D eigenvalue weighted by Crippen LogP contribution is -2.37. The Morgan fingerprint density at radius 3 is 2.44 bits per heavy atom. The number of hydrogen-bond donors (Lipinski definition) is 1.